The Morgan fingerprint density at radius 1 is 0.512 bits per heavy atom. The van der Waals surface area contributed by atoms with Crippen molar-refractivity contribution in [2.45, 2.75) is 199 Å². The Hall–Kier alpha value is -4.37. The average Bonchev–Trinajstić information content (AvgIpc) is 3.36. The Morgan fingerprint density at radius 3 is 1.56 bits per heavy atom. The van der Waals surface area contributed by atoms with Crippen molar-refractivity contribution in [3.05, 3.63) is 144 Å². The van der Waals surface area contributed by atoms with Gasteiger partial charge >= 0.3 is 6.09 Å². The number of rotatable bonds is 21. The quantitative estimate of drug-likeness (QED) is 0.0784. The van der Waals surface area contributed by atoms with Crippen LogP contribution >= 0.6 is 0 Å². The molecule has 6 fully saturated rings. The fourth-order valence-electron chi connectivity index (χ4n) is 12.9. The number of fused-ring (bicyclic) bond motifs is 2. The third kappa shape index (κ3) is 14.3. The van der Waals surface area contributed by atoms with Gasteiger partial charge in [-0.2, -0.15) is 0 Å². The van der Waals surface area contributed by atoms with Gasteiger partial charge in [-0.15, -0.1) is 0 Å². The molecule has 4 aromatic rings. The van der Waals surface area contributed by atoms with E-state index in [1.165, 1.54) is 0 Å². The number of carbonyl (C=O) groups is 1. The zero-order valence-electron chi connectivity index (χ0n) is 49.1. The van der Waals surface area contributed by atoms with Crippen molar-refractivity contribution >= 4 is 6.09 Å². The summed E-state index contributed by atoms with van der Waals surface area (Å²) in [5, 5.41) is 11.5. The molecule has 16 nitrogen and oxygen atoms in total. The van der Waals surface area contributed by atoms with Crippen LogP contribution < -0.4 is 0 Å². The highest BCUT2D eigenvalue weighted by atomic mass is 16.8. The summed E-state index contributed by atoms with van der Waals surface area (Å²) in [6, 6.07) is 39.6. The van der Waals surface area contributed by atoms with Crippen molar-refractivity contribution in [3.8, 4) is 0 Å². The molecular formula is C66H89NO15. The SMILES string of the molecule is CCC1O[C@H](OC2C(O[C@@H]3C(C)[C@@H](OC4C(OCCCCCN(Cc5ccccc5)C(=O)OCc5ccccc5)OC5COC(c6ccccc6)O[C@H]5[C@@H]4C)OC(CC)[C@H]3C)OC3COC(c4ccccc4)O[C@H]3[C@@H]2C)C(C)[C@@H](O)[C@@H]1C. The van der Waals surface area contributed by atoms with Gasteiger partial charge in [-0.05, 0) is 43.2 Å². The highest BCUT2D eigenvalue weighted by molar-refractivity contribution is 5.67. The maximum Gasteiger partial charge on any atom is 0.410 e. The van der Waals surface area contributed by atoms with Gasteiger partial charge in [0, 0.05) is 66.3 Å². The van der Waals surface area contributed by atoms with E-state index in [1.54, 1.807) is 4.90 Å². The molecule has 6 saturated heterocycles. The first kappa shape index (κ1) is 60.7. The van der Waals surface area contributed by atoms with E-state index in [2.05, 4.69) is 41.5 Å². The minimum atomic E-state index is -0.861. The normalized spacial score (nSPS) is 37.5. The second-order valence-electron chi connectivity index (χ2n) is 23.7. The first-order valence-electron chi connectivity index (χ1n) is 30.4. The van der Waals surface area contributed by atoms with Crippen LogP contribution in [-0.2, 0) is 74.7 Å². The Kier molecular flexibility index (Phi) is 21.2. The minimum absolute atomic E-state index is 0.0541. The molecule has 0 aromatic heterocycles. The van der Waals surface area contributed by atoms with Crippen LogP contribution in [0.3, 0.4) is 0 Å². The number of aliphatic hydroxyl groups is 1. The Balaban J connectivity index is 0.845. The average molecular weight is 1140 g/mol. The van der Waals surface area contributed by atoms with E-state index in [0.29, 0.717) is 45.8 Å². The Labute approximate surface area is 485 Å². The molecule has 4 aromatic carbocycles. The van der Waals surface area contributed by atoms with Gasteiger partial charge in [0.05, 0.1) is 49.8 Å². The highest BCUT2D eigenvalue weighted by Gasteiger charge is 2.56. The second kappa shape index (κ2) is 28.7. The number of amides is 1. The molecule has 0 aliphatic carbocycles. The van der Waals surface area contributed by atoms with Crippen molar-refractivity contribution in [2.24, 2.45) is 35.5 Å². The van der Waals surface area contributed by atoms with E-state index in [1.807, 2.05) is 135 Å². The van der Waals surface area contributed by atoms with Crippen LogP contribution in [0.25, 0.3) is 0 Å². The zero-order valence-corrected chi connectivity index (χ0v) is 49.1. The predicted molar refractivity (Wildman–Crippen MR) is 304 cm³/mol. The van der Waals surface area contributed by atoms with E-state index in [0.717, 1.165) is 41.5 Å². The van der Waals surface area contributed by atoms with Crippen molar-refractivity contribution < 1.29 is 71.5 Å². The molecule has 1 N–H and O–H groups in total. The molecule has 82 heavy (non-hydrogen) atoms. The van der Waals surface area contributed by atoms with Gasteiger partial charge in [0.15, 0.2) is 37.7 Å². The summed E-state index contributed by atoms with van der Waals surface area (Å²) < 4.78 is 87.9. The number of hydrogen-bond donors (Lipinski definition) is 1. The molecular weight excluding hydrogens is 1050 g/mol. The number of hydrogen-bond acceptors (Lipinski definition) is 15. The molecule has 1 amide bonds. The minimum Gasteiger partial charge on any atom is -0.445 e. The van der Waals surface area contributed by atoms with Crippen LogP contribution in [-0.4, -0.2) is 129 Å². The summed E-state index contributed by atoms with van der Waals surface area (Å²) in [6.45, 7) is 18.9. The molecule has 448 valence electrons. The first-order chi connectivity index (χ1) is 39.9. The van der Waals surface area contributed by atoms with Crippen molar-refractivity contribution in [3.63, 3.8) is 0 Å². The molecule has 6 heterocycles. The summed E-state index contributed by atoms with van der Waals surface area (Å²) in [5.41, 5.74) is 3.82. The zero-order chi connectivity index (χ0) is 57.3. The number of unbranched alkanes of at least 4 members (excludes halogenated alkanes) is 2. The van der Waals surface area contributed by atoms with E-state index in [-0.39, 0.29) is 72.6 Å². The lowest BCUT2D eigenvalue weighted by molar-refractivity contribution is -0.402. The van der Waals surface area contributed by atoms with Crippen LogP contribution in [0, 0.1) is 35.5 Å². The summed E-state index contributed by atoms with van der Waals surface area (Å²) in [7, 11) is 0. The smallest absolute Gasteiger partial charge is 0.410 e. The molecule has 10 rings (SSSR count). The number of carbonyl (C=O) groups excluding carboxylic acids is 1. The number of benzene rings is 4. The monoisotopic (exact) mass is 1140 g/mol. The topological polar surface area (TPSA) is 161 Å². The Bertz CT molecular complexity index is 2530. The van der Waals surface area contributed by atoms with E-state index in [4.69, 9.17) is 61.6 Å². The maximum atomic E-state index is 13.5. The largest absolute Gasteiger partial charge is 0.445 e. The van der Waals surface area contributed by atoms with Gasteiger partial charge in [0.2, 0.25) is 0 Å². The summed E-state index contributed by atoms with van der Waals surface area (Å²) >= 11 is 0. The van der Waals surface area contributed by atoms with Gasteiger partial charge in [-0.1, -0.05) is 177 Å². The van der Waals surface area contributed by atoms with Crippen molar-refractivity contribution in [1.29, 1.82) is 0 Å². The first-order valence-corrected chi connectivity index (χ1v) is 30.4. The lowest BCUT2D eigenvalue weighted by atomic mass is 9.83. The second-order valence-corrected chi connectivity index (χ2v) is 23.7. The van der Waals surface area contributed by atoms with E-state index >= 15 is 0 Å². The molecule has 0 spiro atoms. The molecule has 0 saturated carbocycles. The third-order valence-corrected chi connectivity index (χ3v) is 18.0. The van der Waals surface area contributed by atoms with Crippen LogP contribution in [0.5, 0.6) is 0 Å². The molecule has 0 radical (unpaired) electrons. The molecule has 12 unspecified atom stereocenters. The van der Waals surface area contributed by atoms with Gasteiger partial charge < -0.3 is 71.6 Å². The van der Waals surface area contributed by atoms with Crippen LogP contribution in [0.15, 0.2) is 121 Å². The number of ether oxygens (including phenoxy) is 13. The molecule has 0 bridgehead atoms. The van der Waals surface area contributed by atoms with Crippen LogP contribution in [0.4, 0.5) is 4.79 Å². The fourth-order valence-corrected chi connectivity index (χ4v) is 12.9. The summed E-state index contributed by atoms with van der Waals surface area (Å²) in [6.07, 6.45) is -5.23. The lowest BCUT2D eigenvalue weighted by Crippen LogP contribution is -2.63. The molecule has 16 heteroatoms. The summed E-state index contributed by atoms with van der Waals surface area (Å²) in [4.78, 5) is 15.3. The van der Waals surface area contributed by atoms with Crippen molar-refractivity contribution in [2.75, 3.05) is 26.4 Å². The molecule has 6 aliphatic heterocycles. The maximum absolute atomic E-state index is 13.5. The fraction of sp³-hybridized carbons (Fsp3) is 0.621. The van der Waals surface area contributed by atoms with E-state index < -0.39 is 74.4 Å². The van der Waals surface area contributed by atoms with Gasteiger partial charge in [-0.3, -0.25) is 0 Å². The van der Waals surface area contributed by atoms with Crippen LogP contribution in [0.1, 0.15) is 122 Å². The highest BCUT2D eigenvalue weighted by Crippen LogP contribution is 2.45. The lowest BCUT2D eigenvalue weighted by Gasteiger charge is -2.53. The predicted octanol–water partition coefficient (Wildman–Crippen LogP) is 11.3. The van der Waals surface area contributed by atoms with Crippen LogP contribution in [0.2, 0.25) is 0 Å². The van der Waals surface area contributed by atoms with Gasteiger partial charge in [0.1, 0.15) is 31.0 Å². The van der Waals surface area contributed by atoms with Gasteiger partial charge in [-0.25, -0.2) is 4.79 Å². The standard InChI is InChI=1S/C66H89NO15/c1-9-50-40(3)54(68)42(5)60(74-50)82-59-44(7)57-53(39-72-63(80-57)49-32-22-14-23-33-49)77-65(59)78-55-41(4)51(10-2)75-61(45(55)8)81-58-43(6)56-52(38-71-62(79-56)48-30-20-13-21-31-48)76-64(58)70-35-25-15-24-34-67(36-46-26-16-11-17-27-46)66(69)73-37-47-28-18-12-19-29-47/h11-14,16-23,26-33,40-45,50-65,68H,9-10,15,24-25,34-39H2,1-8H3/t40-,41-,42?,43+,44+,45?,50?,51?,52?,53?,54+,55+,56+,57+,58?,59?,60-,61-,62?,63?,64?,65?/m1/s1. The third-order valence-electron chi connectivity index (χ3n) is 18.0. The number of aliphatic hydroxyl groups excluding tert-OH is 1. The van der Waals surface area contributed by atoms with E-state index in [9.17, 15) is 9.90 Å². The Morgan fingerprint density at radius 2 is 1.00 bits per heavy atom. The van der Waals surface area contributed by atoms with Gasteiger partial charge in [0.25, 0.3) is 0 Å². The summed E-state index contributed by atoms with van der Waals surface area (Å²) in [5.74, 6) is -1.20. The molecule has 22 atom stereocenters. The number of nitrogens with zero attached hydrogens (tertiary/aromatic N) is 1. The molecule has 6 aliphatic rings. The van der Waals surface area contributed by atoms with Crippen molar-refractivity contribution in [1.82, 2.24) is 4.90 Å².